The molecular formula is C24H26N2O5. The number of fused-ring (bicyclic) bond motifs is 3. The van der Waals surface area contributed by atoms with Gasteiger partial charge in [-0.1, -0.05) is 48.5 Å². The number of benzene rings is 2. The molecule has 4 rings (SSSR count). The lowest BCUT2D eigenvalue weighted by Crippen LogP contribution is -2.40. The van der Waals surface area contributed by atoms with Crippen LogP contribution in [0.3, 0.4) is 0 Å². The number of carboxylic acid groups (broad SMARTS) is 2. The molecule has 0 saturated heterocycles. The maximum Gasteiger partial charge on any atom is 0.416 e. The Morgan fingerprint density at radius 2 is 1.71 bits per heavy atom. The van der Waals surface area contributed by atoms with E-state index in [4.69, 9.17) is 4.74 Å². The van der Waals surface area contributed by atoms with Crippen molar-refractivity contribution in [2.75, 3.05) is 13.2 Å². The van der Waals surface area contributed by atoms with Gasteiger partial charge in [0.05, 0.1) is 23.9 Å². The molecule has 1 aliphatic rings. The number of ether oxygens (including phenoxy) is 1. The SMILES string of the molecule is O=C(O)N1CCc2c(n(C(=O)O)c3ccccc23)C1CCCCOCc1ccccc1. The first-order valence-electron chi connectivity index (χ1n) is 10.5. The van der Waals surface area contributed by atoms with E-state index in [0.717, 1.165) is 29.4 Å². The van der Waals surface area contributed by atoms with Crippen LogP contribution >= 0.6 is 0 Å². The van der Waals surface area contributed by atoms with Crippen LogP contribution in [0.2, 0.25) is 0 Å². The van der Waals surface area contributed by atoms with Gasteiger partial charge >= 0.3 is 12.2 Å². The summed E-state index contributed by atoms with van der Waals surface area (Å²) in [7, 11) is 0. The summed E-state index contributed by atoms with van der Waals surface area (Å²) in [5.74, 6) is 0. The molecule has 3 aromatic rings. The quantitative estimate of drug-likeness (QED) is 0.515. The Kier molecular flexibility index (Phi) is 6.23. The molecule has 31 heavy (non-hydrogen) atoms. The maximum absolute atomic E-state index is 12.1. The van der Waals surface area contributed by atoms with Gasteiger partial charge in [-0.15, -0.1) is 0 Å². The minimum Gasteiger partial charge on any atom is -0.465 e. The van der Waals surface area contributed by atoms with Gasteiger partial charge in [0.25, 0.3) is 0 Å². The van der Waals surface area contributed by atoms with Crippen molar-refractivity contribution < 1.29 is 24.5 Å². The van der Waals surface area contributed by atoms with Crippen LogP contribution in [0.15, 0.2) is 54.6 Å². The molecule has 7 heteroatoms. The van der Waals surface area contributed by atoms with Gasteiger partial charge in [-0.3, -0.25) is 4.90 Å². The van der Waals surface area contributed by atoms with Gasteiger partial charge in [0.1, 0.15) is 0 Å². The van der Waals surface area contributed by atoms with E-state index in [2.05, 4.69) is 0 Å². The lowest BCUT2D eigenvalue weighted by atomic mass is 9.94. The van der Waals surface area contributed by atoms with Gasteiger partial charge in [0.2, 0.25) is 0 Å². The van der Waals surface area contributed by atoms with Gasteiger partial charge in [-0.25, -0.2) is 14.2 Å². The number of hydrogen-bond donors (Lipinski definition) is 2. The zero-order chi connectivity index (χ0) is 21.8. The first-order valence-corrected chi connectivity index (χ1v) is 10.5. The molecule has 1 amide bonds. The molecule has 1 unspecified atom stereocenters. The zero-order valence-electron chi connectivity index (χ0n) is 17.2. The Labute approximate surface area is 180 Å². The molecule has 0 aliphatic carbocycles. The standard InChI is InChI=1S/C24H26N2O5/c27-23(28)25-14-13-19-18-10-4-5-11-20(18)26(24(29)30)22(19)21(25)12-6-7-15-31-16-17-8-2-1-3-9-17/h1-5,8-11,21H,6-7,12-16H2,(H,27,28)(H,29,30). The third-order valence-electron chi connectivity index (χ3n) is 5.88. The molecule has 7 nitrogen and oxygen atoms in total. The van der Waals surface area contributed by atoms with Crippen molar-refractivity contribution in [2.45, 2.75) is 38.3 Å². The van der Waals surface area contributed by atoms with Crippen LogP contribution < -0.4 is 0 Å². The van der Waals surface area contributed by atoms with Crippen molar-refractivity contribution in [1.82, 2.24) is 9.47 Å². The molecule has 0 bridgehead atoms. The molecule has 1 aliphatic heterocycles. The number of carbonyl (C=O) groups is 2. The minimum atomic E-state index is -1.08. The highest BCUT2D eigenvalue weighted by Crippen LogP contribution is 2.39. The minimum absolute atomic E-state index is 0.366. The Hall–Kier alpha value is -3.32. The summed E-state index contributed by atoms with van der Waals surface area (Å²) >= 11 is 0. The van der Waals surface area contributed by atoms with Crippen LogP contribution in [0.1, 0.15) is 42.1 Å². The van der Waals surface area contributed by atoms with Gasteiger partial charge in [0.15, 0.2) is 0 Å². The van der Waals surface area contributed by atoms with E-state index >= 15 is 0 Å². The normalized spacial score (nSPS) is 15.7. The molecule has 162 valence electrons. The smallest absolute Gasteiger partial charge is 0.416 e. The van der Waals surface area contributed by atoms with Crippen LogP contribution in [0.5, 0.6) is 0 Å². The molecule has 2 N–H and O–H groups in total. The molecule has 2 heterocycles. The molecule has 1 atom stereocenters. The summed E-state index contributed by atoms with van der Waals surface area (Å²) in [5, 5.41) is 20.5. The first-order chi connectivity index (χ1) is 15.1. The van der Waals surface area contributed by atoms with Crippen molar-refractivity contribution >= 4 is 23.1 Å². The second kappa shape index (κ2) is 9.22. The van der Waals surface area contributed by atoms with Crippen molar-refractivity contribution in [2.24, 2.45) is 0 Å². The molecule has 0 fully saturated rings. The summed E-state index contributed by atoms with van der Waals surface area (Å²) in [6, 6.07) is 16.8. The van der Waals surface area contributed by atoms with Crippen molar-refractivity contribution in [3.05, 3.63) is 71.4 Å². The lowest BCUT2D eigenvalue weighted by molar-refractivity contribution is 0.103. The number of unbranched alkanes of at least 4 members (excludes halogenated alkanes) is 1. The van der Waals surface area contributed by atoms with Crippen molar-refractivity contribution in [3.8, 4) is 0 Å². The lowest BCUT2D eigenvalue weighted by Gasteiger charge is -2.34. The van der Waals surface area contributed by atoms with Crippen LogP contribution in [-0.4, -0.2) is 45.0 Å². The average molecular weight is 422 g/mol. The summed E-state index contributed by atoms with van der Waals surface area (Å²) in [6.45, 7) is 1.48. The van der Waals surface area contributed by atoms with Crippen molar-refractivity contribution in [3.63, 3.8) is 0 Å². The fraction of sp³-hybridized carbons (Fsp3) is 0.333. The molecule has 0 spiro atoms. The number of aromatic nitrogens is 1. The van der Waals surface area contributed by atoms with E-state index in [0.29, 0.717) is 43.8 Å². The zero-order valence-corrected chi connectivity index (χ0v) is 17.2. The largest absolute Gasteiger partial charge is 0.465 e. The van der Waals surface area contributed by atoms with Crippen LogP contribution in [0.25, 0.3) is 10.9 Å². The molecule has 0 radical (unpaired) electrons. The Balaban J connectivity index is 1.49. The van der Waals surface area contributed by atoms with E-state index in [1.807, 2.05) is 42.5 Å². The van der Waals surface area contributed by atoms with E-state index < -0.39 is 18.2 Å². The number of para-hydroxylation sites is 1. The summed E-state index contributed by atoms with van der Waals surface area (Å²) < 4.78 is 7.01. The van der Waals surface area contributed by atoms with E-state index in [-0.39, 0.29) is 0 Å². The van der Waals surface area contributed by atoms with Crippen LogP contribution in [0, 0.1) is 0 Å². The number of nitrogens with zero attached hydrogens (tertiary/aromatic N) is 2. The summed E-state index contributed by atoms with van der Waals surface area (Å²) in [6.07, 6.45) is 0.485. The highest BCUT2D eigenvalue weighted by molar-refractivity contribution is 5.93. The van der Waals surface area contributed by atoms with Crippen LogP contribution in [-0.2, 0) is 17.8 Å². The second-order valence-electron chi connectivity index (χ2n) is 7.77. The van der Waals surface area contributed by atoms with E-state index in [9.17, 15) is 19.8 Å². The third-order valence-corrected chi connectivity index (χ3v) is 5.88. The topological polar surface area (TPSA) is 92.0 Å². The number of rotatable bonds is 7. The van der Waals surface area contributed by atoms with Gasteiger partial charge in [-0.05, 0) is 42.9 Å². The Morgan fingerprint density at radius 1 is 0.968 bits per heavy atom. The third kappa shape index (κ3) is 4.27. The van der Waals surface area contributed by atoms with Gasteiger partial charge in [0, 0.05) is 18.5 Å². The van der Waals surface area contributed by atoms with Gasteiger partial charge in [-0.2, -0.15) is 0 Å². The molecule has 0 saturated carbocycles. The Bertz CT molecular complexity index is 1080. The van der Waals surface area contributed by atoms with E-state index in [1.54, 1.807) is 12.1 Å². The Morgan fingerprint density at radius 3 is 2.45 bits per heavy atom. The fourth-order valence-electron chi connectivity index (χ4n) is 4.51. The summed E-state index contributed by atoms with van der Waals surface area (Å²) in [5.41, 5.74) is 3.26. The average Bonchev–Trinajstić information content (AvgIpc) is 3.11. The predicted octanol–water partition coefficient (Wildman–Crippen LogP) is 5.13. The van der Waals surface area contributed by atoms with E-state index in [1.165, 1.54) is 9.47 Å². The number of amides is 1. The van der Waals surface area contributed by atoms with Crippen LogP contribution in [0.4, 0.5) is 9.59 Å². The monoisotopic (exact) mass is 422 g/mol. The first kappa shape index (κ1) is 20.9. The fourth-order valence-corrected chi connectivity index (χ4v) is 4.51. The number of hydrogen-bond acceptors (Lipinski definition) is 3. The predicted molar refractivity (Wildman–Crippen MR) is 116 cm³/mol. The van der Waals surface area contributed by atoms with Crippen molar-refractivity contribution in [1.29, 1.82) is 0 Å². The highest BCUT2D eigenvalue weighted by Gasteiger charge is 2.36. The highest BCUT2D eigenvalue weighted by atomic mass is 16.5. The second-order valence-corrected chi connectivity index (χ2v) is 7.77. The summed E-state index contributed by atoms with van der Waals surface area (Å²) in [4.78, 5) is 25.4. The molecule has 1 aromatic heterocycles. The molecule has 2 aromatic carbocycles. The van der Waals surface area contributed by atoms with Gasteiger partial charge < -0.3 is 14.9 Å². The maximum atomic E-state index is 12.1. The molecular weight excluding hydrogens is 396 g/mol.